The predicted molar refractivity (Wildman–Crippen MR) is 97.2 cm³/mol. The first kappa shape index (κ1) is 16.6. The summed E-state index contributed by atoms with van der Waals surface area (Å²) in [5.74, 6) is 0.813. The number of thiazole rings is 1. The lowest BCUT2D eigenvalue weighted by Gasteiger charge is -2.34. The van der Waals surface area contributed by atoms with E-state index in [1.165, 1.54) is 6.42 Å². The van der Waals surface area contributed by atoms with Crippen LogP contribution in [-0.4, -0.2) is 53.4 Å². The van der Waals surface area contributed by atoms with Crippen LogP contribution in [0, 0.1) is 5.92 Å². The van der Waals surface area contributed by atoms with Gasteiger partial charge in [-0.15, -0.1) is 22.7 Å². The van der Waals surface area contributed by atoms with Crippen molar-refractivity contribution in [3.8, 4) is 9.88 Å². The molecule has 0 atom stereocenters. The summed E-state index contributed by atoms with van der Waals surface area (Å²) in [4.78, 5) is 22.7. The molecule has 1 aliphatic rings. The smallest absolute Gasteiger partial charge is 0.273 e. The maximum absolute atomic E-state index is 12.6. The highest BCUT2D eigenvalue weighted by atomic mass is 32.1. The second-order valence-corrected chi connectivity index (χ2v) is 8.14. The van der Waals surface area contributed by atoms with Gasteiger partial charge in [-0.2, -0.15) is 0 Å². The van der Waals surface area contributed by atoms with E-state index in [4.69, 9.17) is 0 Å². The number of amides is 1. The number of piperazine rings is 1. The van der Waals surface area contributed by atoms with Crippen LogP contribution >= 0.6 is 22.7 Å². The van der Waals surface area contributed by atoms with Crippen molar-refractivity contribution in [3.05, 3.63) is 28.6 Å². The van der Waals surface area contributed by atoms with Gasteiger partial charge in [0.15, 0.2) is 0 Å². The molecule has 23 heavy (non-hydrogen) atoms. The summed E-state index contributed by atoms with van der Waals surface area (Å²) in [7, 11) is 0. The van der Waals surface area contributed by atoms with E-state index in [0.717, 1.165) is 48.5 Å². The van der Waals surface area contributed by atoms with Crippen molar-refractivity contribution in [2.45, 2.75) is 20.3 Å². The van der Waals surface area contributed by atoms with E-state index in [1.54, 1.807) is 22.7 Å². The van der Waals surface area contributed by atoms with E-state index < -0.39 is 0 Å². The highest BCUT2D eigenvalue weighted by Crippen LogP contribution is 2.28. The van der Waals surface area contributed by atoms with Gasteiger partial charge in [-0.3, -0.25) is 9.69 Å². The Morgan fingerprint density at radius 2 is 2.04 bits per heavy atom. The molecule has 3 rings (SSSR count). The van der Waals surface area contributed by atoms with Gasteiger partial charge in [0.25, 0.3) is 5.91 Å². The average molecular weight is 350 g/mol. The molecule has 1 amide bonds. The molecular weight excluding hydrogens is 326 g/mol. The van der Waals surface area contributed by atoms with Crippen LogP contribution in [0.1, 0.15) is 30.8 Å². The number of rotatable bonds is 5. The second-order valence-electron chi connectivity index (χ2n) is 6.33. The minimum Gasteiger partial charge on any atom is -0.335 e. The Hall–Kier alpha value is -1.24. The molecule has 6 heteroatoms. The quantitative estimate of drug-likeness (QED) is 0.826. The first-order chi connectivity index (χ1) is 11.1. The molecule has 124 valence electrons. The highest BCUT2D eigenvalue weighted by molar-refractivity contribution is 7.20. The lowest BCUT2D eigenvalue weighted by Crippen LogP contribution is -2.49. The second kappa shape index (κ2) is 7.55. The maximum atomic E-state index is 12.6. The molecule has 0 aliphatic carbocycles. The third kappa shape index (κ3) is 4.19. The molecular formula is C17H23N3OS2. The van der Waals surface area contributed by atoms with E-state index >= 15 is 0 Å². The number of carbonyl (C=O) groups is 1. The Kier molecular flexibility index (Phi) is 5.46. The molecule has 3 heterocycles. The molecule has 0 unspecified atom stereocenters. The zero-order valence-electron chi connectivity index (χ0n) is 13.7. The topological polar surface area (TPSA) is 36.4 Å². The molecule has 0 N–H and O–H groups in total. The van der Waals surface area contributed by atoms with Crippen molar-refractivity contribution in [1.82, 2.24) is 14.8 Å². The fourth-order valence-corrected chi connectivity index (χ4v) is 4.27. The van der Waals surface area contributed by atoms with E-state index in [1.807, 2.05) is 27.8 Å². The normalized spacial score (nSPS) is 16.2. The average Bonchev–Trinajstić information content (AvgIpc) is 3.23. The summed E-state index contributed by atoms with van der Waals surface area (Å²) in [6.07, 6.45) is 1.23. The van der Waals surface area contributed by atoms with Gasteiger partial charge in [0.2, 0.25) is 0 Å². The molecule has 1 fully saturated rings. The zero-order valence-corrected chi connectivity index (χ0v) is 15.3. The van der Waals surface area contributed by atoms with Crippen LogP contribution in [0.2, 0.25) is 0 Å². The summed E-state index contributed by atoms with van der Waals surface area (Å²) in [6.45, 7) is 9.21. The number of carbonyl (C=O) groups excluding carboxylic acids is 1. The summed E-state index contributed by atoms with van der Waals surface area (Å²) in [5.41, 5.74) is 0.592. The lowest BCUT2D eigenvalue weighted by atomic mass is 10.1. The number of hydrogen-bond acceptors (Lipinski definition) is 5. The molecule has 0 saturated carbocycles. The fourth-order valence-electron chi connectivity index (χ4n) is 2.66. The molecule has 0 radical (unpaired) electrons. The standard InChI is InChI=1S/C17H23N3OS2/c1-13(2)5-6-19-7-9-20(10-8-19)17(21)14-12-23-16(18-14)15-4-3-11-22-15/h3-4,11-13H,5-10H2,1-2H3. The highest BCUT2D eigenvalue weighted by Gasteiger charge is 2.24. The molecule has 0 bridgehead atoms. The van der Waals surface area contributed by atoms with E-state index in [2.05, 4.69) is 23.7 Å². The van der Waals surface area contributed by atoms with E-state index in [9.17, 15) is 4.79 Å². The zero-order chi connectivity index (χ0) is 16.2. The van der Waals surface area contributed by atoms with Crippen molar-refractivity contribution in [2.75, 3.05) is 32.7 Å². The van der Waals surface area contributed by atoms with Crippen LogP contribution in [0.5, 0.6) is 0 Å². The van der Waals surface area contributed by atoms with Crippen molar-refractivity contribution >= 4 is 28.6 Å². The monoisotopic (exact) mass is 349 g/mol. The Labute approximate surface area is 145 Å². The number of thiophene rings is 1. The number of aromatic nitrogens is 1. The van der Waals surface area contributed by atoms with Crippen LogP contribution in [0.3, 0.4) is 0 Å². The van der Waals surface area contributed by atoms with Gasteiger partial charge >= 0.3 is 0 Å². The van der Waals surface area contributed by atoms with Crippen molar-refractivity contribution in [3.63, 3.8) is 0 Å². The molecule has 4 nitrogen and oxygen atoms in total. The first-order valence-electron chi connectivity index (χ1n) is 8.14. The van der Waals surface area contributed by atoms with E-state index in [-0.39, 0.29) is 5.91 Å². The van der Waals surface area contributed by atoms with Gasteiger partial charge in [0, 0.05) is 31.6 Å². The molecule has 0 aromatic carbocycles. The Morgan fingerprint density at radius 1 is 1.26 bits per heavy atom. The van der Waals surface area contributed by atoms with Crippen LogP contribution < -0.4 is 0 Å². The van der Waals surface area contributed by atoms with Crippen molar-refractivity contribution in [2.24, 2.45) is 5.92 Å². The number of nitrogens with zero attached hydrogens (tertiary/aromatic N) is 3. The minimum absolute atomic E-state index is 0.0764. The number of hydrogen-bond donors (Lipinski definition) is 0. The molecule has 2 aromatic heterocycles. The van der Waals surface area contributed by atoms with Crippen molar-refractivity contribution < 1.29 is 4.79 Å². The summed E-state index contributed by atoms with van der Waals surface area (Å²) < 4.78 is 0. The summed E-state index contributed by atoms with van der Waals surface area (Å²) in [6, 6.07) is 4.06. The summed E-state index contributed by atoms with van der Waals surface area (Å²) in [5, 5.41) is 4.87. The third-order valence-electron chi connectivity index (χ3n) is 4.14. The SMILES string of the molecule is CC(C)CCN1CCN(C(=O)c2csc(-c3cccs3)n2)CC1. The first-order valence-corrected chi connectivity index (χ1v) is 9.90. The lowest BCUT2D eigenvalue weighted by molar-refractivity contribution is 0.0627. The molecule has 1 aliphatic heterocycles. The summed E-state index contributed by atoms with van der Waals surface area (Å²) >= 11 is 3.21. The van der Waals surface area contributed by atoms with Crippen LogP contribution in [-0.2, 0) is 0 Å². The Bertz CT molecular complexity index is 628. The molecule has 1 saturated heterocycles. The minimum atomic E-state index is 0.0764. The van der Waals surface area contributed by atoms with Gasteiger partial charge in [-0.25, -0.2) is 4.98 Å². The van der Waals surface area contributed by atoms with Crippen molar-refractivity contribution in [1.29, 1.82) is 0 Å². The maximum Gasteiger partial charge on any atom is 0.273 e. The fraction of sp³-hybridized carbons (Fsp3) is 0.529. The Morgan fingerprint density at radius 3 is 2.70 bits per heavy atom. The molecule has 0 spiro atoms. The van der Waals surface area contributed by atoms with Crippen LogP contribution in [0.15, 0.2) is 22.9 Å². The van der Waals surface area contributed by atoms with Crippen LogP contribution in [0.4, 0.5) is 0 Å². The van der Waals surface area contributed by atoms with Gasteiger partial charge < -0.3 is 4.90 Å². The third-order valence-corrected chi connectivity index (χ3v) is 6.02. The molecule has 2 aromatic rings. The largest absolute Gasteiger partial charge is 0.335 e. The van der Waals surface area contributed by atoms with Gasteiger partial charge in [-0.05, 0) is 30.3 Å². The predicted octanol–water partition coefficient (Wildman–Crippen LogP) is 3.68. The Balaban J connectivity index is 1.55. The van der Waals surface area contributed by atoms with Gasteiger partial charge in [-0.1, -0.05) is 19.9 Å². The van der Waals surface area contributed by atoms with E-state index in [0.29, 0.717) is 5.69 Å². The van der Waals surface area contributed by atoms with Gasteiger partial charge in [0.05, 0.1) is 4.88 Å². The van der Waals surface area contributed by atoms with Gasteiger partial charge in [0.1, 0.15) is 10.7 Å². The van der Waals surface area contributed by atoms with Crippen LogP contribution in [0.25, 0.3) is 9.88 Å².